The van der Waals surface area contributed by atoms with Crippen LogP contribution in [0.4, 0.5) is 0 Å². The highest BCUT2D eigenvalue weighted by molar-refractivity contribution is 4.80. The first-order valence-electron chi connectivity index (χ1n) is 6.98. The van der Waals surface area contributed by atoms with Gasteiger partial charge in [0.25, 0.3) is 0 Å². The van der Waals surface area contributed by atoms with E-state index in [0.29, 0.717) is 12.6 Å². The zero-order valence-corrected chi connectivity index (χ0v) is 11.7. The third-order valence-electron chi connectivity index (χ3n) is 3.57. The van der Waals surface area contributed by atoms with E-state index in [2.05, 4.69) is 36.0 Å². The number of nitrogens with one attached hydrogen (secondary N) is 1. The van der Waals surface area contributed by atoms with Crippen LogP contribution in [0.2, 0.25) is 0 Å². The summed E-state index contributed by atoms with van der Waals surface area (Å²) in [6.07, 6.45) is 2.13. The fraction of sp³-hybridized carbons (Fsp3) is 1.00. The first-order valence-corrected chi connectivity index (χ1v) is 6.98. The predicted molar refractivity (Wildman–Crippen MR) is 72.3 cm³/mol. The molecule has 4 nitrogen and oxygen atoms in total. The summed E-state index contributed by atoms with van der Waals surface area (Å²) < 4.78 is 0. The predicted octanol–water partition coefficient (Wildman–Crippen LogP) is 0.373. The van der Waals surface area contributed by atoms with E-state index >= 15 is 0 Å². The van der Waals surface area contributed by atoms with Crippen LogP contribution < -0.4 is 5.32 Å². The second-order valence-corrected chi connectivity index (χ2v) is 5.13. The van der Waals surface area contributed by atoms with Crippen molar-refractivity contribution in [1.29, 1.82) is 0 Å². The smallest absolute Gasteiger partial charge is 0.0791 e. The molecule has 0 spiro atoms. The highest BCUT2D eigenvalue weighted by Gasteiger charge is 2.23. The molecule has 17 heavy (non-hydrogen) atoms. The van der Waals surface area contributed by atoms with Gasteiger partial charge in [0.15, 0.2) is 0 Å². The fourth-order valence-electron chi connectivity index (χ4n) is 2.57. The van der Waals surface area contributed by atoms with Crippen LogP contribution in [0.5, 0.6) is 0 Å². The van der Waals surface area contributed by atoms with E-state index in [1.165, 1.54) is 13.0 Å². The summed E-state index contributed by atoms with van der Waals surface area (Å²) in [4.78, 5) is 4.87. The summed E-state index contributed by atoms with van der Waals surface area (Å²) in [5, 5.41) is 13.2. The minimum absolute atomic E-state index is 0.243. The van der Waals surface area contributed by atoms with E-state index in [0.717, 1.165) is 32.6 Å². The molecule has 1 aliphatic heterocycles. The van der Waals surface area contributed by atoms with Crippen LogP contribution in [-0.4, -0.2) is 73.4 Å². The number of nitrogens with zero attached hydrogens (tertiary/aromatic N) is 2. The maximum Gasteiger partial charge on any atom is 0.0791 e. The van der Waals surface area contributed by atoms with Crippen LogP contribution in [0.25, 0.3) is 0 Å². The van der Waals surface area contributed by atoms with E-state index in [1.54, 1.807) is 0 Å². The van der Waals surface area contributed by atoms with E-state index in [4.69, 9.17) is 0 Å². The Balaban J connectivity index is 2.42. The molecule has 2 N–H and O–H groups in total. The lowest BCUT2D eigenvalue weighted by atomic mass is 10.1. The highest BCUT2D eigenvalue weighted by atomic mass is 16.3. The molecule has 1 heterocycles. The topological polar surface area (TPSA) is 38.7 Å². The van der Waals surface area contributed by atoms with E-state index in [9.17, 15) is 5.11 Å². The molecule has 0 aromatic heterocycles. The summed E-state index contributed by atoms with van der Waals surface area (Å²) in [6.45, 7) is 10.2. The fourth-order valence-corrected chi connectivity index (χ4v) is 2.57. The molecule has 2 atom stereocenters. The lowest BCUT2D eigenvalue weighted by molar-refractivity contribution is 0.0852. The number of likely N-dealkylation sites (N-methyl/N-ethyl adjacent to an activating group) is 2. The molecule has 0 aliphatic carbocycles. The van der Waals surface area contributed by atoms with Gasteiger partial charge >= 0.3 is 0 Å². The van der Waals surface area contributed by atoms with Crippen molar-refractivity contribution in [3.8, 4) is 0 Å². The van der Waals surface area contributed by atoms with Crippen LogP contribution in [0.3, 0.4) is 0 Å². The number of aliphatic hydroxyl groups excluding tert-OH is 1. The van der Waals surface area contributed by atoms with Gasteiger partial charge in [0.2, 0.25) is 0 Å². The molecule has 0 aromatic carbocycles. The Bertz CT molecular complexity index is 201. The molecule has 0 saturated carbocycles. The number of rotatable bonds is 6. The summed E-state index contributed by atoms with van der Waals surface area (Å²) in [5.74, 6) is 0. The van der Waals surface area contributed by atoms with Crippen LogP contribution in [0.15, 0.2) is 0 Å². The van der Waals surface area contributed by atoms with Gasteiger partial charge in [0.05, 0.1) is 6.10 Å². The summed E-state index contributed by atoms with van der Waals surface area (Å²) in [5.41, 5.74) is 0. The first-order chi connectivity index (χ1) is 8.17. The van der Waals surface area contributed by atoms with Crippen LogP contribution in [0, 0.1) is 0 Å². The number of aliphatic hydroxyl groups is 1. The third-order valence-corrected chi connectivity index (χ3v) is 3.57. The van der Waals surface area contributed by atoms with Crippen molar-refractivity contribution in [1.82, 2.24) is 15.1 Å². The first kappa shape index (κ1) is 14.9. The van der Waals surface area contributed by atoms with Gasteiger partial charge in [-0.3, -0.25) is 4.90 Å². The Morgan fingerprint density at radius 1 is 1.35 bits per heavy atom. The number of hydrogen-bond acceptors (Lipinski definition) is 4. The van der Waals surface area contributed by atoms with Crippen molar-refractivity contribution in [2.45, 2.75) is 38.8 Å². The Kier molecular flexibility index (Phi) is 7.04. The van der Waals surface area contributed by atoms with Crippen molar-refractivity contribution in [3.63, 3.8) is 0 Å². The molecule has 0 bridgehead atoms. The molecule has 2 unspecified atom stereocenters. The quantitative estimate of drug-likeness (QED) is 0.707. The van der Waals surface area contributed by atoms with Gasteiger partial charge in [0.1, 0.15) is 0 Å². The average Bonchev–Trinajstić information content (AvgIpc) is 2.48. The molecule has 1 aliphatic rings. The Labute approximate surface area is 106 Å². The molecule has 102 valence electrons. The maximum atomic E-state index is 9.99. The van der Waals surface area contributed by atoms with Crippen LogP contribution in [0.1, 0.15) is 26.7 Å². The number of hydrogen-bond donors (Lipinski definition) is 2. The molecule has 0 amide bonds. The van der Waals surface area contributed by atoms with Gasteiger partial charge in [-0.2, -0.15) is 0 Å². The molecule has 1 fully saturated rings. The Morgan fingerprint density at radius 3 is 2.76 bits per heavy atom. The normalized spacial score (nSPS) is 25.8. The SMILES string of the molecule is CCNCC(O)CN1CCCN(C)CC1CC. The van der Waals surface area contributed by atoms with Crippen LogP contribution in [-0.2, 0) is 0 Å². The lowest BCUT2D eigenvalue weighted by Gasteiger charge is -2.31. The zero-order valence-electron chi connectivity index (χ0n) is 11.7. The van der Waals surface area contributed by atoms with Crippen LogP contribution >= 0.6 is 0 Å². The zero-order chi connectivity index (χ0) is 12.7. The molecule has 0 aromatic rings. The second kappa shape index (κ2) is 8.03. The summed E-state index contributed by atoms with van der Waals surface area (Å²) >= 11 is 0. The van der Waals surface area contributed by atoms with Crippen molar-refractivity contribution in [2.75, 3.05) is 46.3 Å². The molecule has 1 saturated heterocycles. The monoisotopic (exact) mass is 243 g/mol. The van der Waals surface area contributed by atoms with E-state index in [1.807, 2.05) is 0 Å². The molecule has 4 heteroatoms. The summed E-state index contributed by atoms with van der Waals surface area (Å²) in [6, 6.07) is 0.596. The largest absolute Gasteiger partial charge is 0.390 e. The van der Waals surface area contributed by atoms with Gasteiger partial charge in [-0.25, -0.2) is 0 Å². The highest BCUT2D eigenvalue weighted by Crippen LogP contribution is 2.12. The van der Waals surface area contributed by atoms with Gasteiger partial charge in [-0.15, -0.1) is 0 Å². The van der Waals surface area contributed by atoms with Gasteiger partial charge in [-0.05, 0) is 39.5 Å². The second-order valence-electron chi connectivity index (χ2n) is 5.13. The molecule has 0 radical (unpaired) electrons. The van der Waals surface area contributed by atoms with Gasteiger partial charge < -0.3 is 15.3 Å². The number of β-amino-alcohol motifs (C(OH)–C–C–N with tert-alkyl or cyclic N) is 1. The minimum atomic E-state index is -0.243. The minimum Gasteiger partial charge on any atom is -0.390 e. The molecular formula is C13H29N3O. The van der Waals surface area contributed by atoms with E-state index in [-0.39, 0.29) is 6.10 Å². The Hall–Kier alpha value is -0.160. The third kappa shape index (κ3) is 5.34. The van der Waals surface area contributed by atoms with Crippen molar-refractivity contribution >= 4 is 0 Å². The van der Waals surface area contributed by atoms with Crippen molar-refractivity contribution < 1.29 is 5.11 Å². The van der Waals surface area contributed by atoms with Gasteiger partial charge in [0, 0.05) is 25.7 Å². The maximum absolute atomic E-state index is 9.99. The Morgan fingerprint density at radius 2 is 2.12 bits per heavy atom. The molecular weight excluding hydrogens is 214 g/mol. The average molecular weight is 243 g/mol. The standard InChI is InChI=1S/C13H29N3O/c1-4-12-10-15(3)7-6-8-16(12)11-13(17)9-14-5-2/h12-14,17H,4-11H2,1-3H3. The molecule has 1 rings (SSSR count). The van der Waals surface area contributed by atoms with Crippen molar-refractivity contribution in [2.24, 2.45) is 0 Å². The van der Waals surface area contributed by atoms with Gasteiger partial charge in [-0.1, -0.05) is 13.8 Å². The summed E-state index contributed by atoms with van der Waals surface area (Å²) in [7, 11) is 2.20. The van der Waals surface area contributed by atoms with Crippen molar-refractivity contribution in [3.05, 3.63) is 0 Å². The lowest BCUT2D eigenvalue weighted by Crippen LogP contribution is -2.45. The van der Waals surface area contributed by atoms with E-state index < -0.39 is 0 Å².